The van der Waals surface area contributed by atoms with Crippen LogP contribution in [0.4, 0.5) is 4.79 Å². The Kier molecular flexibility index (Phi) is 4.52. The van der Waals surface area contributed by atoms with Gasteiger partial charge in [0.05, 0.1) is 0 Å². The number of carboxylic acid groups (broad SMARTS) is 1. The van der Waals surface area contributed by atoms with Gasteiger partial charge >= 0.3 is 6.16 Å². The van der Waals surface area contributed by atoms with Gasteiger partial charge < -0.3 is 14.6 Å². The molecule has 9 nitrogen and oxygen atoms in total. The number of nitrogens with zero attached hydrogens (tertiary/aromatic N) is 4. The Morgan fingerprint density at radius 3 is 2.82 bits per heavy atom. The van der Waals surface area contributed by atoms with E-state index >= 15 is 0 Å². The quantitative estimate of drug-likeness (QED) is 0.694. The van der Waals surface area contributed by atoms with Crippen molar-refractivity contribution >= 4 is 11.9 Å². The average molecular weight is 244 g/mol. The number of ketones is 1. The Labute approximate surface area is 96.3 Å². The molecule has 1 aromatic rings. The van der Waals surface area contributed by atoms with Gasteiger partial charge in [-0.1, -0.05) is 0 Å². The summed E-state index contributed by atoms with van der Waals surface area (Å²) in [5.74, 6) is 0.152. The number of hydrogen-bond acceptors (Lipinski definition) is 7. The molecule has 0 bridgehead atoms. The summed E-state index contributed by atoms with van der Waals surface area (Å²) in [5.41, 5.74) is 0. The van der Waals surface area contributed by atoms with Crippen molar-refractivity contribution in [2.75, 3.05) is 6.61 Å². The van der Waals surface area contributed by atoms with Crippen molar-refractivity contribution in [2.24, 2.45) is 0 Å². The highest BCUT2D eigenvalue weighted by molar-refractivity contribution is 5.76. The monoisotopic (exact) mass is 244 g/mol. The fourth-order valence-corrected chi connectivity index (χ4v) is 1.07. The first-order chi connectivity index (χ1) is 8.00. The van der Waals surface area contributed by atoms with E-state index in [2.05, 4.69) is 20.3 Å². The normalized spacial score (nSPS) is 12.1. The first kappa shape index (κ1) is 13.0. The minimum absolute atomic E-state index is 0.000100. The van der Waals surface area contributed by atoms with E-state index < -0.39 is 12.4 Å². The molecule has 0 radical (unpaired) electrons. The number of carbonyl (C=O) groups excluding carboxylic acids is 1. The van der Waals surface area contributed by atoms with Crippen molar-refractivity contribution in [3.63, 3.8) is 0 Å². The van der Waals surface area contributed by atoms with Crippen LogP contribution in [-0.4, -0.2) is 43.9 Å². The summed E-state index contributed by atoms with van der Waals surface area (Å²) < 4.78 is 10.7. The molecular formula is C8H12N4O5. The maximum Gasteiger partial charge on any atom is 0.507 e. The first-order valence-corrected chi connectivity index (χ1v) is 4.74. The van der Waals surface area contributed by atoms with Crippen LogP contribution >= 0.6 is 0 Å². The summed E-state index contributed by atoms with van der Waals surface area (Å²) in [6, 6.07) is 0. The molecule has 1 heterocycles. The summed E-state index contributed by atoms with van der Waals surface area (Å²) in [4.78, 5) is 21.0. The summed E-state index contributed by atoms with van der Waals surface area (Å²) in [6.07, 6.45) is -2.29. The van der Waals surface area contributed by atoms with Crippen LogP contribution in [0, 0.1) is 0 Å². The predicted octanol–water partition coefficient (Wildman–Crippen LogP) is -0.00820. The van der Waals surface area contributed by atoms with Gasteiger partial charge in [-0.3, -0.25) is 4.79 Å². The molecule has 17 heavy (non-hydrogen) atoms. The fraction of sp³-hybridized carbons (Fsp3) is 0.625. The molecule has 0 saturated carbocycles. The first-order valence-electron chi connectivity index (χ1n) is 4.74. The van der Waals surface area contributed by atoms with Crippen molar-refractivity contribution in [3.8, 4) is 0 Å². The van der Waals surface area contributed by atoms with E-state index in [0.29, 0.717) is 0 Å². The van der Waals surface area contributed by atoms with E-state index in [1.165, 1.54) is 13.8 Å². The van der Waals surface area contributed by atoms with E-state index in [0.717, 1.165) is 4.68 Å². The molecule has 1 aromatic heterocycles. The van der Waals surface area contributed by atoms with Crippen molar-refractivity contribution < 1.29 is 24.2 Å². The topological polar surface area (TPSA) is 116 Å². The van der Waals surface area contributed by atoms with E-state index in [1.54, 1.807) is 0 Å². The van der Waals surface area contributed by atoms with Crippen LogP contribution in [0.2, 0.25) is 0 Å². The van der Waals surface area contributed by atoms with Gasteiger partial charge in [-0.15, -0.1) is 5.10 Å². The third-order valence-corrected chi connectivity index (χ3v) is 1.71. The van der Waals surface area contributed by atoms with Crippen LogP contribution in [0.25, 0.3) is 0 Å². The molecule has 9 heteroatoms. The standard InChI is InChI=1S/C8H12N4O5/c1-5(13)3-16-4-7-9-10-11-12(7)6(2)17-8(14)15/h6H,3-4H2,1-2H3,(H,14,15). The van der Waals surface area contributed by atoms with E-state index in [1.807, 2.05) is 0 Å². The van der Waals surface area contributed by atoms with Crippen molar-refractivity contribution in [1.82, 2.24) is 20.2 Å². The highest BCUT2D eigenvalue weighted by Gasteiger charge is 2.16. The number of aromatic nitrogens is 4. The highest BCUT2D eigenvalue weighted by Crippen LogP contribution is 2.08. The summed E-state index contributed by atoms with van der Waals surface area (Å²) >= 11 is 0. The molecule has 1 rings (SSSR count). The van der Waals surface area contributed by atoms with Crippen LogP contribution in [0.5, 0.6) is 0 Å². The lowest BCUT2D eigenvalue weighted by molar-refractivity contribution is -0.121. The van der Waals surface area contributed by atoms with Crippen LogP contribution in [0.1, 0.15) is 25.9 Å². The van der Waals surface area contributed by atoms with Gasteiger partial charge in [0, 0.05) is 0 Å². The fourth-order valence-electron chi connectivity index (χ4n) is 1.07. The third-order valence-electron chi connectivity index (χ3n) is 1.71. The van der Waals surface area contributed by atoms with Gasteiger partial charge in [0.2, 0.25) is 0 Å². The summed E-state index contributed by atoms with van der Waals surface area (Å²) in [7, 11) is 0. The van der Waals surface area contributed by atoms with Gasteiger partial charge in [-0.05, 0) is 24.3 Å². The Morgan fingerprint density at radius 2 is 2.24 bits per heavy atom. The Balaban J connectivity index is 2.58. The predicted molar refractivity (Wildman–Crippen MR) is 52.0 cm³/mol. The average Bonchev–Trinajstić information content (AvgIpc) is 2.64. The smallest absolute Gasteiger partial charge is 0.450 e. The molecule has 0 amide bonds. The minimum Gasteiger partial charge on any atom is -0.450 e. The molecule has 0 saturated heterocycles. The van der Waals surface area contributed by atoms with Crippen LogP contribution in [0.3, 0.4) is 0 Å². The number of hydrogen-bond donors (Lipinski definition) is 1. The summed E-state index contributed by atoms with van der Waals surface area (Å²) in [6.45, 7) is 2.80. The Bertz CT molecular complexity index is 404. The molecule has 0 fully saturated rings. The van der Waals surface area contributed by atoms with Gasteiger partial charge in [-0.2, -0.15) is 4.68 Å². The molecule has 0 aromatic carbocycles. The van der Waals surface area contributed by atoms with E-state index in [4.69, 9.17) is 9.84 Å². The summed E-state index contributed by atoms with van der Waals surface area (Å²) in [5, 5.41) is 19.0. The third kappa shape index (κ3) is 4.15. The lowest BCUT2D eigenvalue weighted by Gasteiger charge is -2.11. The molecular weight excluding hydrogens is 232 g/mol. The van der Waals surface area contributed by atoms with Gasteiger partial charge in [0.15, 0.2) is 17.8 Å². The largest absolute Gasteiger partial charge is 0.507 e. The molecule has 0 aliphatic carbocycles. The lowest BCUT2D eigenvalue weighted by atomic mass is 10.5. The van der Waals surface area contributed by atoms with E-state index in [9.17, 15) is 9.59 Å². The zero-order chi connectivity index (χ0) is 12.8. The molecule has 0 aliphatic heterocycles. The molecule has 0 spiro atoms. The van der Waals surface area contributed by atoms with Crippen molar-refractivity contribution in [3.05, 3.63) is 5.82 Å². The molecule has 94 valence electrons. The number of tetrazole rings is 1. The molecule has 1 N–H and O–H groups in total. The van der Waals surface area contributed by atoms with E-state index in [-0.39, 0.29) is 24.8 Å². The van der Waals surface area contributed by atoms with Gasteiger partial charge in [0.1, 0.15) is 13.2 Å². The maximum atomic E-state index is 10.7. The van der Waals surface area contributed by atoms with Gasteiger partial charge in [0.25, 0.3) is 0 Å². The number of rotatable bonds is 6. The zero-order valence-corrected chi connectivity index (χ0v) is 9.36. The molecule has 1 unspecified atom stereocenters. The number of ether oxygens (including phenoxy) is 2. The van der Waals surface area contributed by atoms with Crippen LogP contribution in [0.15, 0.2) is 0 Å². The van der Waals surface area contributed by atoms with Gasteiger partial charge in [-0.25, -0.2) is 4.79 Å². The Morgan fingerprint density at radius 1 is 1.53 bits per heavy atom. The minimum atomic E-state index is -1.43. The zero-order valence-electron chi connectivity index (χ0n) is 9.36. The van der Waals surface area contributed by atoms with Crippen molar-refractivity contribution in [2.45, 2.75) is 26.7 Å². The van der Waals surface area contributed by atoms with Crippen LogP contribution < -0.4 is 0 Å². The Hall–Kier alpha value is -2.03. The van der Waals surface area contributed by atoms with Crippen molar-refractivity contribution in [1.29, 1.82) is 0 Å². The second-order valence-corrected chi connectivity index (χ2v) is 3.22. The maximum absolute atomic E-state index is 10.7. The number of Topliss-reactive ketones (excluding diaryl/α,β-unsaturated/α-hetero) is 1. The second-order valence-electron chi connectivity index (χ2n) is 3.22. The van der Waals surface area contributed by atoms with Crippen LogP contribution in [-0.2, 0) is 20.9 Å². The number of carbonyl (C=O) groups is 2. The second kappa shape index (κ2) is 5.89. The molecule has 1 atom stereocenters. The molecule has 0 aliphatic rings. The SMILES string of the molecule is CC(=O)COCc1nnnn1C(C)OC(=O)O. The highest BCUT2D eigenvalue weighted by atomic mass is 16.7. The lowest BCUT2D eigenvalue weighted by Crippen LogP contribution is -2.18.